The summed E-state index contributed by atoms with van der Waals surface area (Å²) < 4.78 is 19.0. The van der Waals surface area contributed by atoms with E-state index in [4.69, 9.17) is 13.9 Å². The van der Waals surface area contributed by atoms with Crippen LogP contribution in [0.15, 0.2) is 24.3 Å². The standard InChI is InChI=1S/C21H37IO3Si/c1-17(24-16-18-9-12-19(23-5)13-10-18)8-11-20(14-15-22)25-26(6,7)21(2,3)4/h9-10,12-13,17,20H,8,11,14-16H2,1-7H3/t17?,20-/m0/s1. The molecule has 1 aromatic rings. The van der Waals surface area contributed by atoms with Crippen LogP contribution >= 0.6 is 22.6 Å². The number of halogens is 1. The third kappa shape index (κ3) is 8.27. The average Bonchev–Trinajstić information content (AvgIpc) is 2.57. The second kappa shape index (κ2) is 11.0. The first-order valence-corrected chi connectivity index (χ1v) is 14.0. The molecule has 26 heavy (non-hydrogen) atoms. The van der Waals surface area contributed by atoms with Gasteiger partial charge in [-0.1, -0.05) is 55.5 Å². The molecule has 0 aromatic heterocycles. The van der Waals surface area contributed by atoms with Crippen molar-refractivity contribution in [3.8, 4) is 5.75 Å². The second-order valence-electron chi connectivity index (χ2n) is 8.52. The minimum Gasteiger partial charge on any atom is -0.497 e. The van der Waals surface area contributed by atoms with E-state index in [1.807, 2.05) is 12.1 Å². The summed E-state index contributed by atoms with van der Waals surface area (Å²) in [5.41, 5.74) is 1.18. The van der Waals surface area contributed by atoms with E-state index in [9.17, 15) is 0 Å². The average molecular weight is 493 g/mol. The molecule has 2 atom stereocenters. The molecule has 0 heterocycles. The van der Waals surface area contributed by atoms with Crippen molar-refractivity contribution in [2.45, 2.75) is 83.9 Å². The second-order valence-corrected chi connectivity index (χ2v) is 14.4. The molecular weight excluding hydrogens is 455 g/mol. The maximum Gasteiger partial charge on any atom is 0.192 e. The molecule has 0 bridgehead atoms. The topological polar surface area (TPSA) is 27.7 Å². The van der Waals surface area contributed by atoms with E-state index in [0.717, 1.165) is 29.4 Å². The van der Waals surface area contributed by atoms with Crippen LogP contribution in [0, 0.1) is 0 Å². The molecule has 0 aliphatic carbocycles. The maximum absolute atomic E-state index is 6.65. The molecule has 1 rings (SSSR count). The van der Waals surface area contributed by atoms with Crippen molar-refractivity contribution in [1.82, 2.24) is 0 Å². The normalized spacial score (nSPS) is 14.9. The van der Waals surface area contributed by atoms with Crippen LogP contribution in [0.1, 0.15) is 52.5 Å². The zero-order chi connectivity index (χ0) is 19.8. The molecule has 0 saturated heterocycles. The minimum atomic E-state index is -1.71. The van der Waals surface area contributed by atoms with Crippen molar-refractivity contribution < 1.29 is 13.9 Å². The lowest BCUT2D eigenvalue weighted by atomic mass is 10.1. The van der Waals surface area contributed by atoms with E-state index in [1.54, 1.807) is 7.11 Å². The Morgan fingerprint density at radius 2 is 1.65 bits per heavy atom. The Labute approximate surface area is 175 Å². The highest BCUT2D eigenvalue weighted by Gasteiger charge is 2.38. The fraction of sp³-hybridized carbons (Fsp3) is 0.714. The lowest BCUT2D eigenvalue weighted by molar-refractivity contribution is 0.0364. The van der Waals surface area contributed by atoms with Gasteiger partial charge in [0.1, 0.15) is 5.75 Å². The van der Waals surface area contributed by atoms with Crippen LogP contribution < -0.4 is 4.74 Å². The Morgan fingerprint density at radius 1 is 1.04 bits per heavy atom. The first-order chi connectivity index (χ1) is 12.1. The van der Waals surface area contributed by atoms with Crippen LogP contribution in [-0.4, -0.2) is 32.1 Å². The predicted octanol–water partition coefficient (Wildman–Crippen LogP) is 6.60. The number of rotatable bonds is 11. The van der Waals surface area contributed by atoms with Gasteiger partial charge in [0.2, 0.25) is 0 Å². The molecule has 3 nitrogen and oxygen atoms in total. The van der Waals surface area contributed by atoms with Gasteiger partial charge in [-0.2, -0.15) is 0 Å². The molecule has 0 aliphatic rings. The van der Waals surface area contributed by atoms with Crippen LogP contribution in [-0.2, 0) is 15.8 Å². The van der Waals surface area contributed by atoms with Crippen molar-refractivity contribution >= 4 is 30.9 Å². The SMILES string of the molecule is COc1ccc(COC(C)CC[C@@H](CCI)O[Si](C)(C)C(C)(C)C)cc1. The molecule has 0 amide bonds. The number of hydrogen-bond donors (Lipinski definition) is 0. The van der Waals surface area contributed by atoms with Crippen LogP contribution in [0.25, 0.3) is 0 Å². The summed E-state index contributed by atoms with van der Waals surface area (Å²) in [4.78, 5) is 0. The van der Waals surface area contributed by atoms with Crippen molar-refractivity contribution in [3.05, 3.63) is 29.8 Å². The Balaban J connectivity index is 2.46. The Morgan fingerprint density at radius 3 is 2.15 bits per heavy atom. The Bertz CT molecular complexity index is 511. The first-order valence-electron chi connectivity index (χ1n) is 9.57. The van der Waals surface area contributed by atoms with Gasteiger partial charge in [-0.05, 0) is 62.0 Å². The molecule has 0 N–H and O–H groups in total. The Kier molecular flexibility index (Phi) is 10.1. The van der Waals surface area contributed by atoms with Gasteiger partial charge >= 0.3 is 0 Å². The van der Waals surface area contributed by atoms with Crippen molar-refractivity contribution in [1.29, 1.82) is 0 Å². The Hall–Kier alpha value is -0.113. The van der Waals surface area contributed by atoms with E-state index in [1.165, 1.54) is 5.56 Å². The first kappa shape index (κ1) is 23.9. The minimum absolute atomic E-state index is 0.233. The highest BCUT2D eigenvalue weighted by atomic mass is 127. The molecule has 0 aliphatic heterocycles. The number of hydrogen-bond acceptors (Lipinski definition) is 3. The van der Waals surface area contributed by atoms with Gasteiger partial charge in [0.05, 0.1) is 19.8 Å². The zero-order valence-electron chi connectivity index (χ0n) is 17.6. The molecule has 5 heteroatoms. The monoisotopic (exact) mass is 492 g/mol. The number of ether oxygens (including phenoxy) is 2. The van der Waals surface area contributed by atoms with Crippen molar-refractivity contribution in [2.24, 2.45) is 0 Å². The zero-order valence-corrected chi connectivity index (χ0v) is 20.8. The smallest absolute Gasteiger partial charge is 0.192 e. The molecule has 0 spiro atoms. The van der Waals surface area contributed by atoms with Gasteiger partial charge in [0.15, 0.2) is 8.32 Å². The van der Waals surface area contributed by atoms with E-state index < -0.39 is 8.32 Å². The number of methoxy groups -OCH3 is 1. The van der Waals surface area contributed by atoms with E-state index in [2.05, 4.69) is 75.5 Å². The lowest BCUT2D eigenvalue weighted by Gasteiger charge is -2.39. The molecular formula is C21H37IO3Si. The summed E-state index contributed by atoms with van der Waals surface area (Å²) in [6, 6.07) is 8.08. The van der Waals surface area contributed by atoms with Gasteiger partial charge in [-0.15, -0.1) is 0 Å². The van der Waals surface area contributed by atoms with Crippen molar-refractivity contribution in [2.75, 3.05) is 11.5 Å². The number of alkyl halides is 1. The summed E-state index contributed by atoms with van der Waals surface area (Å²) in [7, 11) is -0.0273. The van der Waals surface area contributed by atoms with E-state index in [-0.39, 0.29) is 11.1 Å². The summed E-state index contributed by atoms with van der Waals surface area (Å²) in [5.74, 6) is 0.881. The molecule has 1 aromatic carbocycles. The fourth-order valence-electron chi connectivity index (χ4n) is 2.44. The third-order valence-corrected chi connectivity index (χ3v) is 10.4. The maximum atomic E-state index is 6.65. The summed E-state index contributed by atoms with van der Waals surface area (Å²) >= 11 is 2.46. The van der Waals surface area contributed by atoms with Crippen LogP contribution in [0.2, 0.25) is 18.1 Å². The largest absolute Gasteiger partial charge is 0.497 e. The van der Waals surface area contributed by atoms with E-state index >= 15 is 0 Å². The van der Waals surface area contributed by atoms with Gasteiger partial charge in [0, 0.05) is 10.5 Å². The summed E-state index contributed by atoms with van der Waals surface area (Å²) in [6.07, 6.45) is 3.81. The van der Waals surface area contributed by atoms with Gasteiger partial charge < -0.3 is 13.9 Å². The summed E-state index contributed by atoms with van der Waals surface area (Å²) in [5, 5.41) is 0.257. The quantitative estimate of drug-likeness (QED) is 0.198. The van der Waals surface area contributed by atoms with Crippen molar-refractivity contribution in [3.63, 3.8) is 0 Å². The van der Waals surface area contributed by atoms with Crippen LogP contribution in [0.5, 0.6) is 5.75 Å². The molecule has 0 radical (unpaired) electrons. The lowest BCUT2D eigenvalue weighted by Crippen LogP contribution is -2.44. The van der Waals surface area contributed by atoms with Gasteiger partial charge in [-0.3, -0.25) is 0 Å². The molecule has 0 saturated carbocycles. The third-order valence-electron chi connectivity index (χ3n) is 5.29. The van der Waals surface area contributed by atoms with Gasteiger partial charge in [-0.25, -0.2) is 0 Å². The molecule has 0 fully saturated rings. The highest BCUT2D eigenvalue weighted by molar-refractivity contribution is 14.1. The highest BCUT2D eigenvalue weighted by Crippen LogP contribution is 2.38. The van der Waals surface area contributed by atoms with Crippen LogP contribution in [0.4, 0.5) is 0 Å². The summed E-state index contributed by atoms with van der Waals surface area (Å²) in [6.45, 7) is 14.4. The molecule has 1 unspecified atom stereocenters. The van der Waals surface area contributed by atoms with E-state index in [0.29, 0.717) is 12.7 Å². The number of benzene rings is 1. The fourth-order valence-corrected chi connectivity index (χ4v) is 4.56. The predicted molar refractivity (Wildman–Crippen MR) is 122 cm³/mol. The van der Waals surface area contributed by atoms with Crippen LogP contribution in [0.3, 0.4) is 0 Å². The van der Waals surface area contributed by atoms with Gasteiger partial charge in [0.25, 0.3) is 0 Å². The molecule has 150 valence electrons.